The second-order valence-corrected chi connectivity index (χ2v) is 4.87. The van der Waals surface area contributed by atoms with Crippen molar-refractivity contribution >= 4 is 17.4 Å². The van der Waals surface area contributed by atoms with E-state index in [0.717, 1.165) is 11.3 Å². The summed E-state index contributed by atoms with van der Waals surface area (Å²) in [7, 11) is 1.60. The SMILES string of the molecule is COc1ccc(CCC(=O)c2cc(F)cc(Cl)c2)cc1. The molecule has 104 valence electrons. The molecule has 0 aromatic heterocycles. The number of ketones is 1. The number of aryl methyl sites for hydroxylation is 1. The Balaban J connectivity index is 2.00. The largest absolute Gasteiger partial charge is 0.497 e. The van der Waals surface area contributed by atoms with E-state index in [-0.39, 0.29) is 10.8 Å². The summed E-state index contributed by atoms with van der Waals surface area (Å²) in [5.41, 5.74) is 1.34. The van der Waals surface area contributed by atoms with Crippen molar-refractivity contribution in [3.05, 3.63) is 64.4 Å². The van der Waals surface area contributed by atoms with Crippen LogP contribution in [0.15, 0.2) is 42.5 Å². The summed E-state index contributed by atoms with van der Waals surface area (Å²) in [6, 6.07) is 11.4. The Hall–Kier alpha value is -1.87. The zero-order chi connectivity index (χ0) is 14.5. The van der Waals surface area contributed by atoms with Crippen LogP contribution in [0.1, 0.15) is 22.3 Å². The predicted octanol–water partition coefficient (Wildman–Crippen LogP) is 4.30. The van der Waals surface area contributed by atoms with E-state index in [2.05, 4.69) is 0 Å². The van der Waals surface area contributed by atoms with Crippen LogP contribution in [0.3, 0.4) is 0 Å². The van der Waals surface area contributed by atoms with Crippen LogP contribution in [-0.2, 0) is 6.42 Å². The Labute approximate surface area is 122 Å². The number of rotatable bonds is 5. The molecule has 0 saturated carbocycles. The van der Waals surface area contributed by atoms with E-state index in [1.165, 1.54) is 18.2 Å². The lowest BCUT2D eigenvalue weighted by atomic mass is 10.0. The fourth-order valence-corrected chi connectivity index (χ4v) is 2.13. The molecule has 0 aliphatic carbocycles. The van der Waals surface area contributed by atoms with Gasteiger partial charge in [0.1, 0.15) is 11.6 Å². The highest BCUT2D eigenvalue weighted by molar-refractivity contribution is 6.31. The molecule has 0 bridgehead atoms. The van der Waals surface area contributed by atoms with Gasteiger partial charge in [-0.2, -0.15) is 0 Å². The van der Waals surface area contributed by atoms with Gasteiger partial charge < -0.3 is 4.74 Å². The highest BCUT2D eigenvalue weighted by atomic mass is 35.5. The lowest BCUT2D eigenvalue weighted by molar-refractivity contribution is 0.0982. The van der Waals surface area contributed by atoms with Crippen LogP contribution < -0.4 is 4.74 Å². The number of methoxy groups -OCH3 is 1. The third-order valence-electron chi connectivity index (χ3n) is 2.98. The average molecular weight is 293 g/mol. The maximum absolute atomic E-state index is 13.2. The lowest BCUT2D eigenvalue weighted by Crippen LogP contribution is -2.02. The van der Waals surface area contributed by atoms with E-state index in [4.69, 9.17) is 16.3 Å². The van der Waals surface area contributed by atoms with E-state index < -0.39 is 5.82 Å². The average Bonchev–Trinajstić information content (AvgIpc) is 2.44. The van der Waals surface area contributed by atoms with Crippen molar-refractivity contribution in [1.82, 2.24) is 0 Å². The Morgan fingerprint density at radius 3 is 2.50 bits per heavy atom. The molecule has 0 amide bonds. The van der Waals surface area contributed by atoms with Crippen molar-refractivity contribution in [3.8, 4) is 5.75 Å². The van der Waals surface area contributed by atoms with Gasteiger partial charge in [0.15, 0.2) is 5.78 Å². The van der Waals surface area contributed by atoms with Gasteiger partial charge in [-0.05, 0) is 42.3 Å². The molecule has 0 N–H and O–H groups in total. The molecule has 0 atom stereocenters. The number of hydrogen-bond acceptors (Lipinski definition) is 2. The third-order valence-corrected chi connectivity index (χ3v) is 3.20. The molecule has 2 nitrogen and oxygen atoms in total. The summed E-state index contributed by atoms with van der Waals surface area (Å²) in [6.45, 7) is 0. The van der Waals surface area contributed by atoms with Gasteiger partial charge in [0.05, 0.1) is 7.11 Å². The van der Waals surface area contributed by atoms with Gasteiger partial charge in [-0.15, -0.1) is 0 Å². The number of benzene rings is 2. The Morgan fingerprint density at radius 2 is 1.90 bits per heavy atom. The minimum atomic E-state index is -0.495. The minimum absolute atomic E-state index is 0.123. The maximum atomic E-state index is 13.2. The molecule has 2 aromatic rings. The van der Waals surface area contributed by atoms with Gasteiger partial charge in [-0.1, -0.05) is 23.7 Å². The number of carbonyl (C=O) groups is 1. The van der Waals surface area contributed by atoms with E-state index >= 15 is 0 Å². The zero-order valence-corrected chi connectivity index (χ0v) is 11.8. The first-order chi connectivity index (χ1) is 9.58. The van der Waals surface area contributed by atoms with Gasteiger partial charge >= 0.3 is 0 Å². The van der Waals surface area contributed by atoms with Crippen molar-refractivity contribution < 1.29 is 13.9 Å². The van der Waals surface area contributed by atoms with Gasteiger partial charge in [-0.3, -0.25) is 4.79 Å². The van der Waals surface area contributed by atoms with E-state index in [1.54, 1.807) is 7.11 Å². The standard InChI is InChI=1S/C16H14ClFO2/c1-20-15-5-2-11(3-6-15)4-7-16(19)12-8-13(17)10-14(18)9-12/h2-3,5-6,8-10H,4,7H2,1H3. The van der Waals surface area contributed by atoms with Crippen LogP contribution in [0.5, 0.6) is 5.75 Å². The Bertz CT molecular complexity index is 588. The van der Waals surface area contributed by atoms with Gasteiger partial charge in [0.2, 0.25) is 0 Å². The molecule has 20 heavy (non-hydrogen) atoms. The number of carbonyl (C=O) groups excluding carboxylic acids is 1. The summed E-state index contributed by atoms with van der Waals surface area (Å²) in [4.78, 5) is 12.0. The van der Waals surface area contributed by atoms with Gasteiger partial charge in [-0.25, -0.2) is 4.39 Å². The van der Waals surface area contributed by atoms with E-state index in [1.807, 2.05) is 24.3 Å². The minimum Gasteiger partial charge on any atom is -0.497 e. The fourth-order valence-electron chi connectivity index (χ4n) is 1.91. The molecule has 0 aliphatic rings. The summed E-state index contributed by atoms with van der Waals surface area (Å²) in [6.07, 6.45) is 0.906. The molecular weight excluding hydrogens is 279 g/mol. The van der Waals surface area contributed by atoms with Crippen molar-refractivity contribution in [3.63, 3.8) is 0 Å². The van der Waals surface area contributed by atoms with Gasteiger partial charge in [0, 0.05) is 17.0 Å². The summed E-state index contributed by atoms with van der Waals surface area (Å²) < 4.78 is 18.3. The molecule has 2 rings (SSSR count). The number of ether oxygens (including phenoxy) is 1. The molecule has 0 heterocycles. The van der Waals surface area contributed by atoms with Crippen LogP contribution in [0.2, 0.25) is 5.02 Å². The van der Waals surface area contributed by atoms with Crippen LogP contribution >= 0.6 is 11.6 Å². The second-order valence-electron chi connectivity index (χ2n) is 4.43. The maximum Gasteiger partial charge on any atom is 0.163 e. The van der Waals surface area contributed by atoms with E-state index in [0.29, 0.717) is 18.4 Å². The molecule has 4 heteroatoms. The van der Waals surface area contributed by atoms with Crippen molar-refractivity contribution in [2.24, 2.45) is 0 Å². The smallest absolute Gasteiger partial charge is 0.163 e. The number of Topliss-reactive ketones (excluding diaryl/α,β-unsaturated/α-hetero) is 1. The summed E-state index contributed by atoms with van der Waals surface area (Å²) in [5, 5.41) is 0.234. The van der Waals surface area contributed by atoms with Gasteiger partial charge in [0.25, 0.3) is 0 Å². The molecule has 0 aliphatic heterocycles. The molecule has 0 saturated heterocycles. The monoisotopic (exact) mass is 292 g/mol. The fraction of sp³-hybridized carbons (Fsp3) is 0.188. The summed E-state index contributed by atoms with van der Waals surface area (Å²) >= 11 is 5.74. The Kier molecular flexibility index (Phi) is 4.74. The lowest BCUT2D eigenvalue weighted by Gasteiger charge is -2.04. The quantitative estimate of drug-likeness (QED) is 0.768. The molecule has 2 aromatic carbocycles. The second kappa shape index (κ2) is 6.53. The number of hydrogen-bond donors (Lipinski definition) is 0. The van der Waals surface area contributed by atoms with Crippen LogP contribution in [0, 0.1) is 5.82 Å². The van der Waals surface area contributed by atoms with Crippen molar-refractivity contribution in [1.29, 1.82) is 0 Å². The van der Waals surface area contributed by atoms with Crippen LogP contribution in [0.4, 0.5) is 4.39 Å². The highest BCUT2D eigenvalue weighted by Crippen LogP contribution is 2.17. The van der Waals surface area contributed by atoms with Crippen molar-refractivity contribution in [2.75, 3.05) is 7.11 Å². The normalized spacial score (nSPS) is 10.3. The van der Waals surface area contributed by atoms with E-state index in [9.17, 15) is 9.18 Å². The molecule has 0 fully saturated rings. The van der Waals surface area contributed by atoms with Crippen LogP contribution in [0.25, 0.3) is 0 Å². The topological polar surface area (TPSA) is 26.3 Å². The summed E-state index contributed by atoms with van der Waals surface area (Å²) in [5.74, 6) is 0.157. The molecule has 0 unspecified atom stereocenters. The highest BCUT2D eigenvalue weighted by Gasteiger charge is 2.09. The molecule has 0 radical (unpaired) electrons. The first-order valence-electron chi connectivity index (χ1n) is 6.20. The first kappa shape index (κ1) is 14.5. The van der Waals surface area contributed by atoms with Crippen molar-refractivity contribution in [2.45, 2.75) is 12.8 Å². The third kappa shape index (κ3) is 3.81. The zero-order valence-electron chi connectivity index (χ0n) is 11.0. The predicted molar refractivity (Wildman–Crippen MR) is 77.1 cm³/mol. The molecular formula is C16H14ClFO2. The molecule has 0 spiro atoms. The first-order valence-corrected chi connectivity index (χ1v) is 6.58. The Morgan fingerprint density at radius 1 is 1.20 bits per heavy atom. The number of halogens is 2. The van der Waals surface area contributed by atoms with Crippen LogP contribution in [-0.4, -0.2) is 12.9 Å².